The van der Waals surface area contributed by atoms with Crippen LogP contribution in [-0.4, -0.2) is 31.7 Å². The summed E-state index contributed by atoms with van der Waals surface area (Å²) >= 11 is 1.01. The largest absolute Gasteiger partial charge is 0.465 e. The van der Waals surface area contributed by atoms with Crippen molar-refractivity contribution in [2.45, 2.75) is 37.5 Å². The van der Waals surface area contributed by atoms with Crippen LogP contribution in [0.1, 0.15) is 48.0 Å². The van der Waals surface area contributed by atoms with E-state index >= 15 is 0 Å². The molecule has 0 saturated carbocycles. The minimum atomic E-state index is -3.79. The van der Waals surface area contributed by atoms with Crippen LogP contribution in [0.5, 0.6) is 0 Å². The van der Waals surface area contributed by atoms with Crippen molar-refractivity contribution in [3.8, 4) is 0 Å². The first kappa shape index (κ1) is 17.5. The highest BCUT2D eigenvalue weighted by Gasteiger charge is 2.20. The highest BCUT2D eigenvalue weighted by molar-refractivity contribution is 7.92. The van der Waals surface area contributed by atoms with E-state index in [1.165, 1.54) is 18.6 Å². The Bertz CT molecular complexity index is 780. The Balaban J connectivity index is 2.15. The molecule has 23 heavy (non-hydrogen) atoms. The summed E-state index contributed by atoms with van der Waals surface area (Å²) < 4.78 is 31.6. The van der Waals surface area contributed by atoms with E-state index < -0.39 is 16.0 Å². The number of aromatic nitrogens is 2. The molecule has 2 N–H and O–H groups in total. The number of carbonyl (C=O) groups is 1. The molecule has 0 saturated heterocycles. The highest BCUT2D eigenvalue weighted by atomic mass is 32.2. The number of sulfonamides is 1. The zero-order valence-electron chi connectivity index (χ0n) is 13.1. The van der Waals surface area contributed by atoms with Gasteiger partial charge in [-0.1, -0.05) is 20.3 Å². The molecule has 0 radical (unpaired) electrons. The van der Waals surface area contributed by atoms with Crippen molar-refractivity contribution in [2.24, 2.45) is 0 Å². The molecule has 0 aliphatic rings. The van der Waals surface area contributed by atoms with E-state index in [2.05, 4.69) is 33.5 Å². The minimum absolute atomic E-state index is 0.00839. The second kappa shape index (κ2) is 7.14. The standard InChI is InChI=1S/C14H19N3O4S2/c1-4-5-9(2)11-7-13(16-15-11)17-23(19,20)10-6-12(22-8-10)14(18)21-3/h6-9H,4-5H2,1-3H3,(H2,15,16,17). The third-order valence-electron chi connectivity index (χ3n) is 3.36. The number of aromatic amines is 1. The van der Waals surface area contributed by atoms with Crippen LogP contribution in [0.2, 0.25) is 0 Å². The summed E-state index contributed by atoms with van der Waals surface area (Å²) in [6, 6.07) is 2.97. The fourth-order valence-corrected chi connectivity index (χ4v) is 4.28. The van der Waals surface area contributed by atoms with Gasteiger partial charge in [-0.2, -0.15) is 5.10 Å². The van der Waals surface area contributed by atoms with E-state index in [9.17, 15) is 13.2 Å². The maximum Gasteiger partial charge on any atom is 0.348 e. The number of hydrogen-bond donors (Lipinski definition) is 2. The first-order valence-electron chi connectivity index (χ1n) is 7.12. The molecule has 0 aliphatic heterocycles. The number of nitrogens with one attached hydrogen (secondary N) is 2. The summed E-state index contributed by atoms with van der Waals surface area (Å²) in [4.78, 5) is 11.6. The fourth-order valence-electron chi connectivity index (χ4n) is 2.09. The number of rotatable bonds is 7. The Morgan fingerprint density at radius 3 is 2.87 bits per heavy atom. The lowest BCUT2D eigenvalue weighted by molar-refractivity contribution is 0.0606. The zero-order chi connectivity index (χ0) is 17.0. The van der Waals surface area contributed by atoms with Gasteiger partial charge in [0.1, 0.15) is 4.88 Å². The van der Waals surface area contributed by atoms with Gasteiger partial charge >= 0.3 is 5.97 Å². The van der Waals surface area contributed by atoms with Gasteiger partial charge in [-0.3, -0.25) is 9.82 Å². The molecule has 9 heteroatoms. The van der Waals surface area contributed by atoms with Crippen molar-refractivity contribution in [1.82, 2.24) is 10.2 Å². The molecule has 0 aliphatic carbocycles. The Labute approximate surface area is 139 Å². The third kappa shape index (κ3) is 4.11. The van der Waals surface area contributed by atoms with Crippen LogP contribution in [0, 0.1) is 0 Å². The lowest BCUT2D eigenvalue weighted by Crippen LogP contribution is -2.12. The Hall–Kier alpha value is -1.87. The van der Waals surface area contributed by atoms with Crippen LogP contribution in [0.15, 0.2) is 22.4 Å². The monoisotopic (exact) mass is 357 g/mol. The Kier molecular flexibility index (Phi) is 5.42. The molecule has 2 aromatic heterocycles. The smallest absolute Gasteiger partial charge is 0.348 e. The lowest BCUT2D eigenvalue weighted by atomic mass is 10.0. The highest BCUT2D eigenvalue weighted by Crippen LogP contribution is 2.24. The Morgan fingerprint density at radius 2 is 2.22 bits per heavy atom. The quantitative estimate of drug-likeness (QED) is 0.742. The van der Waals surface area contributed by atoms with E-state index in [-0.39, 0.29) is 21.5 Å². The zero-order valence-corrected chi connectivity index (χ0v) is 14.8. The number of methoxy groups -OCH3 is 1. The molecule has 2 rings (SSSR count). The number of ether oxygens (including phenoxy) is 1. The molecule has 2 heterocycles. The van der Waals surface area contributed by atoms with Crippen LogP contribution in [-0.2, 0) is 14.8 Å². The number of carbonyl (C=O) groups excluding carboxylic acids is 1. The topological polar surface area (TPSA) is 101 Å². The SMILES string of the molecule is CCCC(C)c1cc(NS(=O)(=O)c2csc(C(=O)OC)c2)n[nH]1. The van der Waals surface area contributed by atoms with E-state index in [1.54, 1.807) is 6.07 Å². The van der Waals surface area contributed by atoms with Gasteiger partial charge in [-0.05, 0) is 18.4 Å². The second-order valence-corrected chi connectivity index (χ2v) is 7.74. The van der Waals surface area contributed by atoms with E-state index in [0.29, 0.717) is 0 Å². The van der Waals surface area contributed by atoms with Gasteiger partial charge in [0.15, 0.2) is 5.82 Å². The third-order valence-corrected chi connectivity index (χ3v) is 5.76. The maximum absolute atomic E-state index is 12.3. The number of thiophene rings is 1. The maximum atomic E-state index is 12.3. The van der Waals surface area contributed by atoms with Gasteiger partial charge in [0.2, 0.25) is 0 Å². The summed E-state index contributed by atoms with van der Waals surface area (Å²) in [6.45, 7) is 4.14. The van der Waals surface area contributed by atoms with Crippen molar-refractivity contribution in [3.63, 3.8) is 0 Å². The molecule has 0 amide bonds. The molecule has 2 aromatic rings. The summed E-state index contributed by atoms with van der Waals surface area (Å²) in [5.41, 5.74) is 0.880. The summed E-state index contributed by atoms with van der Waals surface area (Å²) in [6.07, 6.45) is 2.02. The molecule has 1 atom stereocenters. The molecule has 126 valence electrons. The van der Waals surface area contributed by atoms with Crippen molar-refractivity contribution >= 4 is 33.1 Å². The summed E-state index contributed by atoms with van der Waals surface area (Å²) in [5, 5.41) is 8.22. The average Bonchev–Trinajstić information content (AvgIpc) is 3.15. The minimum Gasteiger partial charge on any atom is -0.465 e. The summed E-state index contributed by atoms with van der Waals surface area (Å²) in [5.74, 6) is -0.0569. The molecular formula is C14H19N3O4S2. The van der Waals surface area contributed by atoms with Crippen LogP contribution in [0.25, 0.3) is 0 Å². The summed E-state index contributed by atoms with van der Waals surface area (Å²) in [7, 11) is -2.54. The molecule has 0 fully saturated rings. The van der Waals surface area contributed by atoms with Gasteiger partial charge in [-0.15, -0.1) is 11.3 Å². The lowest BCUT2D eigenvalue weighted by Gasteiger charge is -2.05. The molecule has 0 spiro atoms. The predicted molar refractivity (Wildman–Crippen MR) is 88.4 cm³/mol. The molecule has 0 aromatic carbocycles. The van der Waals surface area contributed by atoms with E-state index in [1.807, 2.05) is 0 Å². The molecule has 1 unspecified atom stereocenters. The van der Waals surface area contributed by atoms with Gasteiger partial charge < -0.3 is 4.74 Å². The van der Waals surface area contributed by atoms with E-state index in [0.717, 1.165) is 29.9 Å². The Morgan fingerprint density at radius 1 is 1.48 bits per heavy atom. The molecule has 0 bridgehead atoms. The first-order valence-corrected chi connectivity index (χ1v) is 9.48. The average molecular weight is 357 g/mol. The van der Waals surface area contributed by atoms with Crippen molar-refractivity contribution < 1.29 is 17.9 Å². The van der Waals surface area contributed by atoms with Gasteiger partial charge in [0, 0.05) is 17.1 Å². The van der Waals surface area contributed by atoms with Crippen LogP contribution >= 0.6 is 11.3 Å². The number of hydrogen-bond acceptors (Lipinski definition) is 6. The van der Waals surface area contributed by atoms with Crippen LogP contribution in [0.3, 0.4) is 0 Å². The van der Waals surface area contributed by atoms with Crippen LogP contribution < -0.4 is 4.72 Å². The molecule has 7 nitrogen and oxygen atoms in total. The van der Waals surface area contributed by atoms with Gasteiger partial charge in [0.05, 0.1) is 12.0 Å². The first-order chi connectivity index (χ1) is 10.9. The number of nitrogens with zero attached hydrogens (tertiary/aromatic N) is 1. The van der Waals surface area contributed by atoms with Gasteiger partial charge in [0.25, 0.3) is 10.0 Å². The predicted octanol–water partition coefficient (Wildman–Crippen LogP) is 2.96. The number of H-pyrrole nitrogens is 1. The fraction of sp³-hybridized carbons (Fsp3) is 0.429. The van der Waals surface area contributed by atoms with Crippen molar-refractivity contribution in [3.05, 3.63) is 28.1 Å². The number of esters is 1. The number of anilines is 1. The normalized spacial score (nSPS) is 12.8. The van der Waals surface area contributed by atoms with Crippen molar-refractivity contribution in [2.75, 3.05) is 11.8 Å². The molecular weight excluding hydrogens is 338 g/mol. The van der Waals surface area contributed by atoms with Crippen LogP contribution in [0.4, 0.5) is 5.82 Å². The van der Waals surface area contributed by atoms with E-state index in [4.69, 9.17) is 0 Å². The van der Waals surface area contributed by atoms with Gasteiger partial charge in [-0.25, -0.2) is 13.2 Å². The second-order valence-electron chi connectivity index (χ2n) is 5.14. The van der Waals surface area contributed by atoms with Crippen molar-refractivity contribution in [1.29, 1.82) is 0 Å².